The fourth-order valence-corrected chi connectivity index (χ4v) is 2.52. The Balaban J connectivity index is 2.08. The van der Waals surface area contributed by atoms with Gasteiger partial charge in [0.15, 0.2) is 0 Å². The predicted octanol–water partition coefficient (Wildman–Crippen LogP) is 4.01. The van der Waals surface area contributed by atoms with E-state index < -0.39 is 0 Å². The van der Waals surface area contributed by atoms with Crippen molar-refractivity contribution < 1.29 is 9.53 Å². The lowest BCUT2D eigenvalue weighted by Crippen LogP contribution is -2.15. The van der Waals surface area contributed by atoms with Crippen molar-refractivity contribution in [3.63, 3.8) is 0 Å². The molecule has 1 aliphatic rings. The van der Waals surface area contributed by atoms with Crippen molar-refractivity contribution >= 4 is 5.97 Å². The van der Waals surface area contributed by atoms with Crippen molar-refractivity contribution in [2.75, 3.05) is 6.61 Å². The topological polar surface area (TPSA) is 26.3 Å². The lowest BCUT2D eigenvalue weighted by Gasteiger charge is -2.26. The first-order chi connectivity index (χ1) is 8.76. The van der Waals surface area contributed by atoms with Crippen LogP contribution in [0.4, 0.5) is 0 Å². The van der Waals surface area contributed by atoms with Crippen LogP contribution in [-0.2, 0) is 9.53 Å². The van der Waals surface area contributed by atoms with Crippen molar-refractivity contribution in [1.29, 1.82) is 0 Å². The number of hydrogen-bond acceptors (Lipinski definition) is 2. The highest BCUT2D eigenvalue weighted by Gasteiger charge is 2.22. The molecule has 1 unspecified atom stereocenters. The van der Waals surface area contributed by atoms with E-state index in [4.69, 9.17) is 4.74 Å². The minimum Gasteiger partial charge on any atom is -0.466 e. The summed E-state index contributed by atoms with van der Waals surface area (Å²) >= 11 is 0. The lowest BCUT2D eigenvalue weighted by atomic mass is 9.79. The number of ether oxygens (including phenoxy) is 1. The molecular formula is C16H22O2. The van der Waals surface area contributed by atoms with E-state index in [0.29, 0.717) is 6.61 Å². The average Bonchev–Trinajstić information content (AvgIpc) is 2.30. The average molecular weight is 246 g/mol. The van der Waals surface area contributed by atoms with Crippen LogP contribution in [0.2, 0.25) is 0 Å². The first-order valence-electron chi connectivity index (χ1n) is 7.02. The maximum Gasteiger partial charge on any atom is 0.313 e. The van der Waals surface area contributed by atoms with Gasteiger partial charge in [0.2, 0.25) is 0 Å². The van der Waals surface area contributed by atoms with Gasteiger partial charge < -0.3 is 4.74 Å². The molecular weight excluding hydrogens is 224 g/mol. The Kier molecular flexibility index (Phi) is 4.40. The zero-order valence-corrected chi connectivity index (χ0v) is 11.3. The number of hydrogen-bond donors (Lipinski definition) is 0. The van der Waals surface area contributed by atoms with Crippen LogP contribution >= 0.6 is 0 Å². The van der Waals surface area contributed by atoms with Gasteiger partial charge in [-0.05, 0) is 43.2 Å². The second kappa shape index (κ2) is 6.03. The molecule has 1 aliphatic carbocycles. The van der Waals surface area contributed by atoms with Crippen LogP contribution in [0.25, 0.3) is 0 Å². The molecule has 2 rings (SSSR count). The van der Waals surface area contributed by atoms with Gasteiger partial charge >= 0.3 is 5.97 Å². The van der Waals surface area contributed by atoms with E-state index in [-0.39, 0.29) is 11.9 Å². The molecule has 0 saturated heterocycles. The fraction of sp³-hybridized carbons (Fsp3) is 0.562. The molecule has 1 atom stereocenters. The minimum absolute atomic E-state index is 0.101. The lowest BCUT2D eigenvalue weighted by molar-refractivity contribution is -0.145. The largest absolute Gasteiger partial charge is 0.466 e. The Morgan fingerprint density at radius 3 is 2.39 bits per heavy atom. The molecule has 1 fully saturated rings. The summed E-state index contributed by atoms with van der Waals surface area (Å²) in [4.78, 5) is 11.8. The minimum atomic E-state index is -0.111. The molecule has 0 N–H and O–H groups in total. The molecule has 0 bridgehead atoms. The highest BCUT2D eigenvalue weighted by molar-refractivity contribution is 5.78. The molecule has 0 aliphatic heterocycles. The van der Waals surface area contributed by atoms with E-state index in [9.17, 15) is 4.79 Å². The molecule has 98 valence electrons. The van der Waals surface area contributed by atoms with Gasteiger partial charge in [0.25, 0.3) is 0 Å². The number of carbonyl (C=O) groups is 1. The zero-order chi connectivity index (χ0) is 13.0. The molecule has 1 aromatic carbocycles. The summed E-state index contributed by atoms with van der Waals surface area (Å²) < 4.78 is 5.12. The molecule has 1 saturated carbocycles. The summed E-state index contributed by atoms with van der Waals surface area (Å²) in [5.41, 5.74) is 2.50. The molecule has 2 heteroatoms. The maximum absolute atomic E-state index is 11.8. The molecule has 0 radical (unpaired) electrons. The number of rotatable bonds is 5. The van der Waals surface area contributed by atoms with E-state index >= 15 is 0 Å². The molecule has 2 nitrogen and oxygen atoms in total. The van der Waals surface area contributed by atoms with Gasteiger partial charge in [0, 0.05) is 0 Å². The van der Waals surface area contributed by atoms with Crippen LogP contribution in [0.1, 0.15) is 62.5 Å². The van der Waals surface area contributed by atoms with Gasteiger partial charge in [0.05, 0.1) is 12.5 Å². The van der Waals surface area contributed by atoms with Gasteiger partial charge in [-0.25, -0.2) is 0 Å². The molecule has 0 aromatic heterocycles. The number of carbonyl (C=O) groups excluding carboxylic acids is 1. The van der Waals surface area contributed by atoms with E-state index in [1.54, 1.807) is 0 Å². The summed E-state index contributed by atoms with van der Waals surface area (Å²) in [5.74, 6) is 0.540. The van der Waals surface area contributed by atoms with Gasteiger partial charge in [-0.3, -0.25) is 4.79 Å². The summed E-state index contributed by atoms with van der Waals surface area (Å²) in [6, 6.07) is 8.56. The van der Waals surface area contributed by atoms with Crippen LogP contribution < -0.4 is 0 Å². The maximum atomic E-state index is 11.8. The SMILES string of the molecule is CCOC(=O)C(CC)c1ccc(C2CCC2)cc1. The monoisotopic (exact) mass is 246 g/mol. The van der Waals surface area contributed by atoms with Crippen molar-refractivity contribution in [3.05, 3.63) is 35.4 Å². The van der Waals surface area contributed by atoms with Crippen molar-refractivity contribution in [2.24, 2.45) is 0 Å². The standard InChI is InChI=1S/C16H22O2/c1-3-15(16(17)18-4-2)14-10-8-13(9-11-14)12-6-5-7-12/h8-12,15H,3-7H2,1-2H3. The summed E-state index contributed by atoms with van der Waals surface area (Å²) in [5, 5.41) is 0. The van der Waals surface area contributed by atoms with Crippen LogP contribution in [0.3, 0.4) is 0 Å². The third kappa shape index (κ3) is 2.74. The van der Waals surface area contributed by atoms with Gasteiger partial charge in [-0.1, -0.05) is 37.6 Å². The summed E-state index contributed by atoms with van der Waals surface area (Å²) in [6.07, 6.45) is 4.78. The first kappa shape index (κ1) is 13.1. The Hall–Kier alpha value is -1.31. The van der Waals surface area contributed by atoms with E-state index in [0.717, 1.165) is 17.9 Å². The Bertz CT molecular complexity index is 390. The Morgan fingerprint density at radius 2 is 1.94 bits per heavy atom. The molecule has 18 heavy (non-hydrogen) atoms. The van der Waals surface area contributed by atoms with Crippen molar-refractivity contribution in [1.82, 2.24) is 0 Å². The summed E-state index contributed by atoms with van der Waals surface area (Å²) in [7, 11) is 0. The second-order valence-electron chi connectivity index (χ2n) is 5.01. The highest BCUT2D eigenvalue weighted by atomic mass is 16.5. The highest BCUT2D eigenvalue weighted by Crippen LogP contribution is 2.36. The number of esters is 1. The molecule has 1 aromatic rings. The van der Waals surface area contributed by atoms with Gasteiger partial charge in [0.1, 0.15) is 0 Å². The van der Waals surface area contributed by atoms with Crippen molar-refractivity contribution in [3.8, 4) is 0 Å². The van der Waals surface area contributed by atoms with Gasteiger partial charge in [-0.2, -0.15) is 0 Å². The van der Waals surface area contributed by atoms with Gasteiger partial charge in [-0.15, -0.1) is 0 Å². The van der Waals surface area contributed by atoms with Crippen LogP contribution in [0, 0.1) is 0 Å². The first-order valence-corrected chi connectivity index (χ1v) is 7.02. The van der Waals surface area contributed by atoms with Crippen LogP contribution in [0.15, 0.2) is 24.3 Å². The zero-order valence-electron chi connectivity index (χ0n) is 11.3. The smallest absolute Gasteiger partial charge is 0.313 e. The Labute approximate surface area is 109 Å². The normalized spacial score (nSPS) is 17.0. The Morgan fingerprint density at radius 1 is 1.28 bits per heavy atom. The number of benzene rings is 1. The molecule has 0 heterocycles. The molecule has 0 amide bonds. The predicted molar refractivity (Wildman–Crippen MR) is 72.7 cm³/mol. The molecule has 0 spiro atoms. The quantitative estimate of drug-likeness (QED) is 0.734. The van der Waals surface area contributed by atoms with E-state index in [1.165, 1.54) is 24.8 Å². The second-order valence-corrected chi connectivity index (χ2v) is 5.01. The third-order valence-corrected chi connectivity index (χ3v) is 3.89. The summed E-state index contributed by atoms with van der Waals surface area (Å²) in [6.45, 7) is 4.33. The third-order valence-electron chi connectivity index (χ3n) is 3.89. The fourth-order valence-electron chi connectivity index (χ4n) is 2.52. The van der Waals surface area contributed by atoms with Crippen molar-refractivity contribution in [2.45, 2.75) is 51.4 Å². The van der Waals surface area contributed by atoms with E-state index in [1.807, 2.05) is 13.8 Å². The van der Waals surface area contributed by atoms with Crippen LogP contribution in [0.5, 0.6) is 0 Å². The van der Waals surface area contributed by atoms with E-state index in [2.05, 4.69) is 24.3 Å². The van der Waals surface area contributed by atoms with Crippen LogP contribution in [-0.4, -0.2) is 12.6 Å².